The molecule has 166 valence electrons. The number of amidine groups is 1. The standard InChI is InChI=1S/C25H29N5OS/c1-4-18-14-28-24(32-18)19-13-20(29-23(31)21(19)22(26)30-27)17-7-5-15(6-8-17)16-9-11-25(2,3)12-10-16/h5-9,13-14H,4,10-12,27H2,1-3H3,(H2,26,30)(H,29,31). The fraction of sp³-hybridized carbons (Fsp3) is 0.320. The topological polar surface area (TPSA) is 110 Å². The molecule has 0 unspecified atom stereocenters. The number of rotatable bonds is 5. The Hall–Kier alpha value is -3.19. The first-order valence-electron chi connectivity index (χ1n) is 10.9. The van der Waals surface area contributed by atoms with Crippen LogP contribution in [-0.2, 0) is 6.42 Å². The third-order valence-corrected chi connectivity index (χ3v) is 7.27. The molecule has 1 aliphatic carbocycles. The lowest BCUT2D eigenvalue weighted by molar-refractivity contribution is 0.335. The zero-order chi connectivity index (χ0) is 22.9. The summed E-state index contributed by atoms with van der Waals surface area (Å²) in [6, 6.07) is 10.2. The highest BCUT2D eigenvalue weighted by Crippen LogP contribution is 2.38. The minimum Gasteiger partial charge on any atom is -0.382 e. The molecule has 0 amide bonds. The lowest BCUT2D eigenvalue weighted by Crippen LogP contribution is -2.27. The van der Waals surface area contributed by atoms with Crippen LogP contribution in [0.2, 0.25) is 0 Å². The summed E-state index contributed by atoms with van der Waals surface area (Å²) in [5.41, 5.74) is 11.1. The van der Waals surface area contributed by atoms with Crippen molar-refractivity contribution >= 4 is 22.7 Å². The maximum Gasteiger partial charge on any atom is 0.260 e. The van der Waals surface area contributed by atoms with Gasteiger partial charge in [0.25, 0.3) is 5.56 Å². The van der Waals surface area contributed by atoms with Crippen molar-refractivity contribution in [3.8, 4) is 21.8 Å². The summed E-state index contributed by atoms with van der Waals surface area (Å²) in [4.78, 5) is 21.5. The third kappa shape index (κ3) is 4.39. The molecular weight excluding hydrogens is 418 g/mol. The molecule has 0 saturated heterocycles. The number of hydrazone groups is 1. The van der Waals surface area contributed by atoms with E-state index in [2.05, 4.69) is 54.0 Å². The number of pyridine rings is 1. The van der Waals surface area contributed by atoms with Gasteiger partial charge in [-0.05, 0) is 53.9 Å². The predicted molar refractivity (Wildman–Crippen MR) is 134 cm³/mol. The maximum absolute atomic E-state index is 13.0. The summed E-state index contributed by atoms with van der Waals surface area (Å²) in [7, 11) is 0. The van der Waals surface area contributed by atoms with Gasteiger partial charge < -0.3 is 16.6 Å². The van der Waals surface area contributed by atoms with E-state index in [0.29, 0.717) is 16.7 Å². The van der Waals surface area contributed by atoms with E-state index in [0.717, 1.165) is 34.7 Å². The number of hydrogen-bond acceptors (Lipinski definition) is 5. The third-order valence-electron chi connectivity index (χ3n) is 6.10. The summed E-state index contributed by atoms with van der Waals surface area (Å²) >= 11 is 1.54. The lowest BCUT2D eigenvalue weighted by Gasteiger charge is -2.28. The van der Waals surface area contributed by atoms with E-state index in [9.17, 15) is 4.79 Å². The Kier molecular flexibility index (Phi) is 6.02. The van der Waals surface area contributed by atoms with Gasteiger partial charge >= 0.3 is 0 Å². The van der Waals surface area contributed by atoms with E-state index in [-0.39, 0.29) is 17.0 Å². The second-order valence-corrected chi connectivity index (χ2v) is 10.1. The van der Waals surface area contributed by atoms with E-state index in [4.69, 9.17) is 11.6 Å². The van der Waals surface area contributed by atoms with Crippen molar-refractivity contribution in [2.45, 2.75) is 46.5 Å². The van der Waals surface area contributed by atoms with Crippen LogP contribution in [0, 0.1) is 5.41 Å². The number of benzene rings is 1. The van der Waals surface area contributed by atoms with Crippen molar-refractivity contribution in [1.82, 2.24) is 9.97 Å². The van der Waals surface area contributed by atoms with Crippen LogP contribution < -0.4 is 17.1 Å². The number of H-pyrrole nitrogens is 1. The Balaban J connectivity index is 1.74. The highest BCUT2D eigenvalue weighted by atomic mass is 32.1. The number of allylic oxidation sites excluding steroid dienone is 2. The molecule has 1 aliphatic rings. The number of nitrogens with one attached hydrogen (secondary N) is 1. The summed E-state index contributed by atoms with van der Waals surface area (Å²) in [5, 5.41) is 4.28. The molecule has 0 bridgehead atoms. The van der Waals surface area contributed by atoms with Gasteiger partial charge in [-0.1, -0.05) is 51.1 Å². The monoisotopic (exact) mass is 447 g/mol. The summed E-state index contributed by atoms with van der Waals surface area (Å²) in [5.74, 6) is 5.38. The maximum atomic E-state index is 13.0. The van der Waals surface area contributed by atoms with Crippen LogP contribution in [0.3, 0.4) is 0 Å². The summed E-state index contributed by atoms with van der Waals surface area (Å²) < 4.78 is 0. The Bertz CT molecular complexity index is 1250. The molecule has 2 heterocycles. The molecule has 0 atom stereocenters. The van der Waals surface area contributed by atoms with E-state index in [1.54, 1.807) is 0 Å². The van der Waals surface area contributed by atoms with Gasteiger partial charge in [0.05, 0.1) is 5.56 Å². The van der Waals surface area contributed by atoms with Crippen molar-refractivity contribution in [3.05, 3.63) is 69.0 Å². The number of aromatic amines is 1. The Morgan fingerprint density at radius 2 is 1.97 bits per heavy atom. The van der Waals surface area contributed by atoms with Gasteiger partial charge in [-0.2, -0.15) is 5.10 Å². The molecule has 32 heavy (non-hydrogen) atoms. The molecule has 7 heteroatoms. The largest absolute Gasteiger partial charge is 0.382 e. The van der Waals surface area contributed by atoms with Crippen molar-refractivity contribution in [2.24, 2.45) is 22.1 Å². The molecule has 0 saturated carbocycles. The lowest BCUT2D eigenvalue weighted by atomic mass is 9.77. The first kappa shape index (κ1) is 22.0. The van der Waals surface area contributed by atoms with Crippen molar-refractivity contribution in [2.75, 3.05) is 0 Å². The zero-order valence-electron chi connectivity index (χ0n) is 18.7. The highest BCUT2D eigenvalue weighted by Gasteiger charge is 2.22. The average molecular weight is 448 g/mol. The fourth-order valence-corrected chi connectivity index (χ4v) is 4.88. The van der Waals surface area contributed by atoms with E-state index < -0.39 is 0 Å². The van der Waals surface area contributed by atoms with Crippen LogP contribution in [0.4, 0.5) is 0 Å². The second-order valence-electron chi connectivity index (χ2n) is 8.98. The number of thiazole rings is 1. The molecule has 3 aromatic rings. The number of nitrogens with two attached hydrogens (primary N) is 2. The Labute approximate surface area is 192 Å². The van der Waals surface area contributed by atoms with Gasteiger partial charge in [-0.15, -0.1) is 11.3 Å². The van der Waals surface area contributed by atoms with Crippen molar-refractivity contribution in [3.63, 3.8) is 0 Å². The molecule has 0 fully saturated rings. The molecule has 0 spiro atoms. The minimum atomic E-state index is -0.334. The molecule has 0 aliphatic heterocycles. The Morgan fingerprint density at radius 1 is 1.25 bits per heavy atom. The Morgan fingerprint density at radius 3 is 2.56 bits per heavy atom. The molecule has 1 aromatic carbocycles. The number of hydrogen-bond donors (Lipinski definition) is 3. The van der Waals surface area contributed by atoms with Crippen LogP contribution in [0.1, 0.15) is 56.0 Å². The van der Waals surface area contributed by atoms with Gasteiger partial charge in [0.2, 0.25) is 0 Å². The van der Waals surface area contributed by atoms with Crippen LogP contribution in [0.25, 0.3) is 27.4 Å². The van der Waals surface area contributed by atoms with E-state index in [1.165, 1.54) is 28.9 Å². The normalized spacial score (nSPS) is 16.1. The number of nitrogens with zero attached hydrogens (tertiary/aromatic N) is 2. The van der Waals surface area contributed by atoms with Gasteiger partial charge in [-0.25, -0.2) is 4.98 Å². The SMILES string of the molecule is CCc1cnc(-c2cc(-c3ccc(C4=CCC(C)(C)CC4)cc3)[nH]c(=O)c2/C(N)=N/N)s1. The van der Waals surface area contributed by atoms with Gasteiger partial charge in [0.15, 0.2) is 5.84 Å². The molecular formula is C25H29N5OS. The molecule has 6 nitrogen and oxygen atoms in total. The van der Waals surface area contributed by atoms with Crippen molar-refractivity contribution in [1.29, 1.82) is 0 Å². The minimum absolute atomic E-state index is 0.0106. The number of aromatic nitrogens is 2. The summed E-state index contributed by atoms with van der Waals surface area (Å²) in [6.07, 6.45) is 8.43. The van der Waals surface area contributed by atoms with Crippen molar-refractivity contribution < 1.29 is 0 Å². The molecule has 5 N–H and O–H groups in total. The average Bonchev–Trinajstić information content (AvgIpc) is 3.27. The van der Waals surface area contributed by atoms with Crippen LogP contribution in [-0.4, -0.2) is 15.8 Å². The quantitative estimate of drug-likeness (QED) is 0.224. The van der Waals surface area contributed by atoms with Gasteiger partial charge in [0, 0.05) is 22.3 Å². The van der Waals surface area contributed by atoms with Crippen LogP contribution in [0.5, 0.6) is 0 Å². The highest BCUT2D eigenvalue weighted by molar-refractivity contribution is 7.15. The fourth-order valence-electron chi connectivity index (χ4n) is 4.00. The second kappa shape index (κ2) is 8.74. The van der Waals surface area contributed by atoms with Gasteiger partial charge in [0.1, 0.15) is 5.01 Å². The smallest absolute Gasteiger partial charge is 0.260 e. The van der Waals surface area contributed by atoms with E-state index >= 15 is 0 Å². The van der Waals surface area contributed by atoms with Gasteiger partial charge in [-0.3, -0.25) is 4.79 Å². The first-order valence-corrected chi connectivity index (χ1v) is 11.7. The zero-order valence-corrected chi connectivity index (χ0v) is 19.6. The predicted octanol–water partition coefficient (Wildman–Crippen LogP) is 4.90. The first-order chi connectivity index (χ1) is 15.3. The molecule has 4 rings (SSSR count). The van der Waals surface area contributed by atoms with Crippen LogP contribution >= 0.6 is 11.3 Å². The number of aryl methyl sites for hydroxylation is 1. The summed E-state index contributed by atoms with van der Waals surface area (Å²) in [6.45, 7) is 6.70. The molecule has 2 aromatic heterocycles. The van der Waals surface area contributed by atoms with E-state index in [1.807, 2.05) is 24.4 Å². The van der Waals surface area contributed by atoms with Crippen LogP contribution in [0.15, 0.2) is 52.5 Å². The molecule has 0 radical (unpaired) electrons.